The fraction of sp³-hybridized carbons (Fsp3) is 0.296. The first-order valence-electron chi connectivity index (χ1n) is 11.5. The monoisotopic (exact) mass is 478 g/mol. The van der Waals surface area contributed by atoms with Crippen LogP contribution in [0.1, 0.15) is 29.5 Å². The number of sulfonamides is 1. The summed E-state index contributed by atoms with van der Waals surface area (Å²) in [6.07, 6.45) is 1.05. The summed E-state index contributed by atoms with van der Waals surface area (Å²) >= 11 is 0. The molecule has 7 heteroatoms. The summed E-state index contributed by atoms with van der Waals surface area (Å²) in [6, 6.07) is 26.5. The van der Waals surface area contributed by atoms with Gasteiger partial charge in [-0.3, -0.25) is 4.79 Å². The van der Waals surface area contributed by atoms with Crippen LogP contribution in [-0.4, -0.2) is 31.7 Å². The summed E-state index contributed by atoms with van der Waals surface area (Å²) in [6.45, 7) is 2.27. The van der Waals surface area contributed by atoms with Gasteiger partial charge < -0.3 is 10.1 Å². The number of carbonyl (C=O) groups excluding carboxylic acids is 1. The summed E-state index contributed by atoms with van der Waals surface area (Å²) < 4.78 is 32.8. The molecule has 1 saturated heterocycles. The number of hydrogen-bond acceptors (Lipinski definition) is 4. The number of nitrogens with zero attached hydrogens (tertiary/aromatic N) is 1. The van der Waals surface area contributed by atoms with Crippen LogP contribution in [-0.2, 0) is 39.3 Å². The summed E-state index contributed by atoms with van der Waals surface area (Å²) in [4.78, 5) is 12.9. The molecule has 0 radical (unpaired) electrons. The molecule has 1 aliphatic heterocycles. The molecule has 0 aromatic heterocycles. The third-order valence-electron chi connectivity index (χ3n) is 6.08. The van der Waals surface area contributed by atoms with Crippen molar-refractivity contribution in [2.75, 3.05) is 13.1 Å². The lowest BCUT2D eigenvalue weighted by Crippen LogP contribution is -2.42. The van der Waals surface area contributed by atoms with E-state index in [1.54, 1.807) is 30.3 Å². The van der Waals surface area contributed by atoms with Crippen LogP contribution in [0.5, 0.6) is 0 Å². The van der Waals surface area contributed by atoms with Gasteiger partial charge in [-0.05, 0) is 41.7 Å². The molecule has 1 fully saturated rings. The van der Waals surface area contributed by atoms with Gasteiger partial charge in [0.25, 0.3) is 0 Å². The van der Waals surface area contributed by atoms with Gasteiger partial charge in [-0.15, -0.1) is 0 Å². The van der Waals surface area contributed by atoms with Gasteiger partial charge in [0, 0.05) is 25.6 Å². The second-order valence-electron chi connectivity index (χ2n) is 8.50. The van der Waals surface area contributed by atoms with Crippen molar-refractivity contribution in [2.24, 2.45) is 5.92 Å². The predicted molar refractivity (Wildman–Crippen MR) is 131 cm³/mol. The Morgan fingerprint density at radius 1 is 0.794 bits per heavy atom. The molecule has 3 aromatic rings. The number of rotatable bonds is 9. The van der Waals surface area contributed by atoms with E-state index in [4.69, 9.17) is 4.74 Å². The van der Waals surface area contributed by atoms with E-state index in [1.165, 1.54) is 4.31 Å². The van der Waals surface area contributed by atoms with Crippen LogP contribution < -0.4 is 5.32 Å². The summed E-state index contributed by atoms with van der Waals surface area (Å²) in [7, 11) is -3.50. The van der Waals surface area contributed by atoms with Crippen LogP contribution >= 0.6 is 0 Å². The number of carbonyl (C=O) groups is 1. The van der Waals surface area contributed by atoms with E-state index in [0.29, 0.717) is 50.6 Å². The van der Waals surface area contributed by atoms with Crippen molar-refractivity contribution in [1.29, 1.82) is 0 Å². The topological polar surface area (TPSA) is 75.7 Å². The summed E-state index contributed by atoms with van der Waals surface area (Å²) in [5.41, 5.74) is 3.24. The van der Waals surface area contributed by atoms with Crippen molar-refractivity contribution in [2.45, 2.75) is 37.5 Å². The van der Waals surface area contributed by atoms with E-state index in [2.05, 4.69) is 5.32 Å². The maximum absolute atomic E-state index is 12.8. The Labute approximate surface area is 201 Å². The van der Waals surface area contributed by atoms with Gasteiger partial charge in [0.2, 0.25) is 15.9 Å². The molecule has 0 saturated carbocycles. The van der Waals surface area contributed by atoms with E-state index in [1.807, 2.05) is 54.6 Å². The van der Waals surface area contributed by atoms with Crippen LogP contribution in [0.4, 0.5) is 0 Å². The fourth-order valence-corrected chi connectivity index (χ4v) is 5.54. The minimum atomic E-state index is -3.50. The Morgan fingerprint density at radius 3 is 1.94 bits per heavy atom. The number of piperidine rings is 1. The van der Waals surface area contributed by atoms with Crippen molar-refractivity contribution in [3.8, 4) is 0 Å². The van der Waals surface area contributed by atoms with Crippen molar-refractivity contribution in [3.63, 3.8) is 0 Å². The first-order valence-corrected chi connectivity index (χ1v) is 13.0. The van der Waals surface area contributed by atoms with Crippen molar-refractivity contribution in [3.05, 3.63) is 102 Å². The zero-order valence-electron chi connectivity index (χ0n) is 19.1. The Balaban J connectivity index is 1.20. The van der Waals surface area contributed by atoms with Gasteiger partial charge in [0.1, 0.15) is 0 Å². The molecular weight excluding hydrogens is 448 g/mol. The van der Waals surface area contributed by atoms with Crippen LogP contribution in [0, 0.1) is 5.92 Å². The molecule has 1 N–H and O–H groups in total. The summed E-state index contributed by atoms with van der Waals surface area (Å²) in [5.74, 6) is -0.195. The lowest BCUT2D eigenvalue weighted by atomic mass is 9.97. The molecule has 1 aliphatic rings. The first-order chi connectivity index (χ1) is 16.5. The molecule has 0 atom stereocenters. The zero-order chi connectivity index (χ0) is 23.8. The van der Waals surface area contributed by atoms with E-state index >= 15 is 0 Å². The van der Waals surface area contributed by atoms with Gasteiger partial charge in [-0.25, -0.2) is 8.42 Å². The highest BCUT2D eigenvalue weighted by Crippen LogP contribution is 2.24. The van der Waals surface area contributed by atoms with Crippen molar-refractivity contribution < 1.29 is 17.9 Å². The Kier molecular flexibility index (Phi) is 8.11. The van der Waals surface area contributed by atoms with E-state index in [0.717, 1.165) is 16.7 Å². The van der Waals surface area contributed by atoms with E-state index < -0.39 is 10.0 Å². The SMILES string of the molecule is O=C(NCc1ccc(COCc2ccccc2)cc1)C1CCN(S(=O)(=O)c2ccccc2)CC1. The maximum atomic E-state index is 12.8. The predicted octanol–water partition coefficient (Wildman–Crippen LogP) is 4.12. The standard InChI is InChI=1S/C27H30N2O4S/c30-27(25-15-17-29(18-16-25)34(31,32)26-9-5-2-6-10-26)28-19-22-11-13-24(14-12-22)21-33-20-23-7-3-1-4-8-23/h1-14,25H,15-21H2,(H,28,30). The average molecular weight is 479 g/mol. The van der Waals surface area contributed by atoms with Gasteiger partial charge in [0.05, 0.1) is 18.1 Å². The smallest absolute Gasteiger partial charge is 0.243 e. The lowest BCUT2D eigenvalue weighted by molar-refractivity contribution is -0.126. The number of amides is 1. The van der Waals surface area contributed by atoms with Gasteiger partial charge in [-0.1, -0.05) is 72.8 Å². The molecule has 0 bridgehead atoms. The highest BCUT2D eigenvalue weighted by molar-refractivity contribution is 7.89. The van der Waals surface area contributed by atoms with Gasteiger partial charge in [-0.2, -0.15) is 4.31 Å². The Morgan fingerprint density at radius 2 is 1.32 bits per heavy atom. The molecule has 1 amide bonds. The molecule has 34 heavy (non-hydrogen) atoms. The highest BCUT2D eigenvalue weighted by Gasteiger charge is 2.31. The minimum absolute atomic E-state index is 0.0213. The molecule has 6 nitrogen and oxygen atoms in total. The van der Waals surface area contributed by atoms with Crippen LogP contribution in [0.25, 0.3) is 0 Å². The molecule has 0 unspecified atom stereocenters. The molecule has 0 aliphatic carbocycles. The fourth-order valence-electron chi connectivity index (χ4n) is 4.05. The van der Waals surface area contributed by atoms with Gasteiger partial charge >= 0.3 is 0 Å². The number of benzene rings is 3. The van der Waals surface area contributed by atoms with E-state index in [9.17, 15) is 13.2 Å². The molecule has 0 spiro atoms. The molecule has 178 valence electrons. The highest BCUT2D eigenvalue weighted by atomic mass is 32.2. The normalized spacial score (nSPS) is 15.2. The largest absolute Gasteiger partial charge is 0.372 e. The molecule has 4 rings (SSSR count). The third-order valence-corrected chi connectivity index (χ3v) is 7.99. The average Bonchev–Trinajstić information content (AvgIpc) is 2.89. The van der Waals surface area contributed by atoms with Crippen LogP contribution in [0.2, 0.25) is 0 Å². The minimum Gasteiger partial charge on any atom is -0.372 e. The molecule has 1 heterocycles. The second kappa shape index (κ2) is 11.4. The Hall–Kier alpha value is -3.00. The Bertz CT molecular complexity index is 1160. The number of hydrogen-bond donors (Lipinski definition) is 1. The first kappa shape index (κ1) is 24.1. The van der Waals surface area contributed by atoms with Crippen LogP contribution in [0.3, 0.4) is 0 Å². The lowest BCUT2D eigenvalue weighted by Gasteiger charge is -2.30. The second-order valence-corrected chi connectivity index (χ2v) is 10.4. The number of nitrogens with one attached hydrogen (secondary N) is 1. The molecular formula is C27H30N2O4S. The van der Waals surface area contributed by atoms with Gasteiger partial charge in [0.15, 0.2) is 0 Å². The van der Waals surface area contributed by atoms with E-state index in [-0.39, 0.29) is 11.8 Å². The number of ether oxygens (including phenoxy) is 1. The van der Waals surface area contributed by atoms with Crippen molar-refractivity contribution >= 4 is 15.9 Å². The molecule has 3 aromatic carbocycles. The summed E-state index contributed by atoms with van der Waals surface area (Å²) in [5, 5.41) is 3.00. The van der Waals surface area contributed by atoms with Crippen LogP contribution in [0.15, 0.2) is 89.8 Å². The van der Waals surface area contributed by atoms with Crippen molar-refractivity contribution in [1.82, 2.24) is 9.62 Å². The quantitative estimate of drug-likeness (QED) is 0.502. The maximum Gasteiger partial charge on any atom is 0.243 e. The zero-order valence-corrected chi connectivity index (χ0v) is 19.9. The third kappa shape index (κ3) is 6.32.